The molecule has 2 heterocycles. The Labute approximate surface area is 108 Å². The molecule has 0 bridgehead atoms. The Hall–Kier alpha value is -1.73. The second-order valence-electron chi connectivity index (χ2n) is 3.71. The number of nitrogens with zero attached hydrogens (tertiary/aromatic N) is 3. The van der Waals surface area contributed by atoms with Crippen LogP contribution in [0.3, 0.4) is 0 Å². The fourth-order valence-corrected chi connectivity index (χ4v) is 2.23. The summed E-state index contributed by atoms with van der Waals surface area (Å²) in [5.74, 6) is 0. The van der Waals surface area contributed by atoms with Gasteiger partial charge in [0.1, 0.15) is 0 Å². The molecular formula is C11H14N4O2S. The number of aromatic nitrogens is 3. The van der Waals surface area contributed by atoms with Gasteiger partial charge in [-0.15, -0.1) is 10.2 Å². The molecule has 0 unspecified atom stereocenters. The molecule has 2 N–H and O–H groups in total. The minimum atomic E-state index is -0.0789. The van der Waals surface area contributed by atoms with E-state index in [1.165, 1.54) is 11.3 Å². The van der Waals surface area contributed by atoms with Gasteiger partial charge in [-0.2, -0.15) is 0 Å². The number of hydrogen-bond donors (Lipinski definition) is 1. The summed E-state index contributed by atoms with van der Waals surface area (Å²) in [6, 6.07) is 3.55. The molecular weight excluding hydrogens is 252 g/mol. The van der Waals surface area contributed by atoms with Crippen LogP contribution in [0.15, 0.2) is 23.1 Å². The van der Waals surface area contributed by atoms with Crippen molar-refractivity contribution in [3.63, 3.8) is 0 Å². The van der Waals surface area contributed by atoms with Gasteiger partial charge in [0.15, 0.2) is 5.01 Å². The van der Waals surface area contributed by atoms with Gasteiger partial charge in [0.25, 0.3) is 5.56 Å². The first-order chi connectivity index (χ1) is 8.72. The number of rotatable bonds is 5. The summed E-state index contributed by atoms with van der Waals surface area (Å²) in [6.45, 7) is 1.25. The lowest BCUT2D eigenvalue weighted by Crippen LogP contribution is -2.21. The van der Waals surface area contributed by atoms with E-state index in [0.29, 0.717) is 28.9 Å². The first-order valence-electron chi connectivity index (χ1n) is 5.50. The van der Waals surface area contributed by atoms with Crippen molar-refractivity contribution < 1.29 is 4.74 Å². The monoisotopic (exact) mass is 266 g/mol. The van der Waals surface area contributed by atoms with Crippen molar-refractivity contribution in [3.8, 4) is 10.6 Å². The summed E-state index contributed by atoms with van der Waals surface area (Å²) in [7, 11) is 1.64. The van der Waals surface area contributed by atoms with Crippen molar-refractivity contribution in [2.75, 3.05) is 19.5 Å². The minimum Gasteiger partial charge on any atom is -0.385 e. The highest BCUT2D eigenvalue weighted by molar-refractivity contribution is 7.18. The van der Waals surface area contributed by atoms with Crippen LogP contribution in [0.2, 0.25) is 0 Å². The number of nitrogens with two attached hydrogens (primary N) is 1. The van der Waals surface area contributed by atoms with Crippen LogP contribution in [0.1, 0.15) is 6.42 Å². The second-order valence-corrected chi connectivity index (χ2v) is 4.72. The van der Waals surface area contributed by atoms with Crippen LogP contribution in [0.5, 0.6) is 0 Å². The largest absolute Gasteiger partial charge is 0.385 e. The van der Waals surface area contributed by atoms with Crippen molar-refractivity contribution in [1.82, 2.24) is 14.8 Å². The van der Waals surface area contributed by atoms with Gasteiger partial charge in [0.2, 0.25) is 5.13 Å². The molecule has 0 saturated heterocycles. The van der Waals surface area contributed by atoms with Gasteiger partial charge in [-0.1, -0.05) is 11.3 Å². The fourth-order valence-electron chi connectivity index (χ4n) is 1.60. The molecule has 7 heteroatoms. The lowest BCUT2D eigenvalue weighted by molar-refractivity contribution is 0.190. The minimum absolute atomic E-state index is 0.0789. The van der Waals surface area contributed by atoms with E-state index in [-0.39, 0.29) is 5.56 Å². The second kappa shape index (κ2) is 5.74. The summed E-state index contributed by atoms with van der Waals surface area (Å²) >= 11 is 1.21. The number of hydrogen-bond acceptors (Lipinski definition) is 6. The Morgan fingerprint density at radius 2 is 2.33 bits per heavy atom. The van der Waals surface area contributed by atoms with Crippen molar-refractivity contribution in [2.24, 2.45) is 0 Å². The van der Waals surface area contributed by atoms with Crippen LogP contribution < -0.4 is 11.3 Å². The van der Waals surface area contributed by atoms with Crippen LogP contribution in [0.4, 0.5) is 5.13 Å². The maximum Gasteiger partial charge on any atom is 0.260 e. The Morgan fingerprint density at radius 3 is 3.00 bits per heavy atom. The smallest absolute Gasteiger partial charge is 0.260 e. The van der Waals surface area contributed by atoms with Crippen molar-refractivity contribution in [2.45, 2.75) is 13.0 Å². The molecule has 0 aromatic carbocycles. The maximum absolute atomic E-state index is 12.2. The van der Waals surface area contributed by atoms with Gasteiger partial charge in [0.05, 0.1) is 5.56 Å². The number of ether oxygens (including phenoxy) is 1. The molecule has 0 atom stereocenters. The predicted octanol–water partition coefficient (Wildman–Crippen LogP) is 0.986. The Bertz CT molecular complexity index is 578. The van der Waals surface area contributed by atoms with E-state index in [4.69, 9.17) is 10.5 Å². The molecule has 18 heavy (non-hydrogen) atoms. The van der Waals surface area contributed by atoms with Gasteiger partial charge in [-0.3, -0.25) is 4.79 Å². The molecule has 0 radical (unpaired) electrons. The third kappa shape index (κ3) is 2.74. The predicted molar refractivity (Wildman–Crippen MR) is 70.5 cm³/mol. The number of nitrogen functional groups attached to an aromatic ring is 1. The van der Waals surface area contributed by atoms with Crippen molar-refractivity contribution >= 4 is 16.5 Å². The molecule has 0 aliphatic heterocycles. The number of aryl methyl sites for hydroxylation is 1. The summed E-state index contributed by atoms with van der Waals surface area (Å²) in [5, 5.41) is 8.52. The first-order valence-corrected chi connectivity index (χ1v) is 6.32. The number of pyridine rings is 1. The normalized spacial score (nSPS) is 10.7. The SMILES string of the molecule is COCCCn1cccc(-c2nnc(N)s2)c1=O. The third-order valence-corrected chi connectivity index (χ3v) is 3.22. The summed E-state index contributed by atoms with van der Waals surface area (Å²) < 4.78 is 6.61. The Morgan fingerprint density at radius 1 is 1.50 bits per heavy atom. The first kappa shape index (κ1) is 12.7. The lowest BCUT2D eigenvalue weighted by atomic mass is 10.3. The van der Waals surface area contributed by atoms with Gasteiger partial charge >= 0.3 is 0 Å². The molecule has 2 aromatic heterocycles. The molecule has 96 valence electrons. The van der Waals surface area contributed by atoms with Crippen molar-refractivity contribution in [3.05, 3.63) is 28.7 Å². The Kier molecular flexibility index (Phi) is 4.06. The van der Waals surface area contributed by atoms with Crippen LogP contribution in [0.25, 0.3) is 10.6 Å². The highest BCUT2D eigenvalue weighted by atomic mass is 32.1. The van der Waals surface area contributed by atoms with Gasteiger partial charge in [0, 0.05) is 26.5 Å². The van der Waals surface area contributed by atoms with E-state index in [1.54, 1.807) is 23.9 Å². The van der Waals surface area contributed by atoms with Gasteiger partial charge in [-0.05, 0) is 18.6 Å². The van der Waals surface area contributed by atoms with E-state index in [1.807, 2.05) is 6.07 Å². The van der Waals surface area contributed by atoms with Gasteiger partial charge in [-0.25, -0.2) is 0 Å². The molecule has 0 saturated carbocycles. The fraction of sp³-hybridized carbons (Fsp3) is 0.364. The van der Waals surface area contributed by atoms with Crippen LogP contribution in [-0.4, -0.2) is 28.5 Å². The highest BCUT2D eigenvalue weighted by Crippen LogP contribution is 2.21. The van der Waals surface area contributed by atoms with Crippen molar-refractivity contribution in [1.29, 1.82) is 0 Å². The molecule has 6 nitrogen and oxygen atoms in total. The van der Waals surface area contributed by atoms with E-state index >= 15 is 0 Å². The summed E-state index contributed by atoms with van der Waals surface area (Å²) in [5.41, 5.74) is 5.97. The molecule has 0 amide bonds. The molecule has 0 aliphatic carbocycles. The molecule has 2 rings (SSSR count). The van der Waals surface area contributed by atoms with Gasteiger partial charge < -0.3 is 15.0 Å². The maximum atomic E-state index is 12.2. The zero-order valence-electron chi connectivity index (χ0n) is 10.00. The topological polar surface area (TPSA) is 83.0 Å². The quantitative estimate of drug-likeness (QED) is 0.816. The number of methoxy groups -OCH3 is 1. The van der Waals surface area contributed by atoms with E-state index in [2.05, 4.69) is 10.2 Å². The highest BCUT2D eigenvalue weighted by Gasteiger charge is 2.10. The number of anilines is 1. The zero-order chi connectivity index (χ0) is 13.0. The average Bonchev–Trinajstić information content (AvgIpc) is 2.78. The van der Waals surface area contributed by atoms with E-state index in [0.717, 1.165) is 6.42 Å². The van der Waals surface area contributed by atoms with Crippen LogP contribution in [-0.2, 0) is 11.3 Å². The third-order valence-electron chi connectivity index (χ3n) is 2.44. The van der Waals surface area contributed by atoms with E-state index in [9.17, 15) is 4.79 Å². The lowest BCUT2D eigenvalue weighted by Gasteiger charge is -2.06. The zero-order valence-corrected chi connectivity index (χ0v) is 10.8. The summed E-state index contributed by atoms with van der Waals surface area (Å²) in [6.07, 6.45) is 2.55. The average molecular weight is 266 g/mol. The molecule has 0 fully saturated rings. The van der Waals surface area contributed by atoms with Crippen LogP contribution >= 0.6 is 11.3 Å². The Balaban J connectivity index is 2.27. The summed E-state index contributed by atoms with van der Waals surface area (Å²) in [4.78, 5) is 12.2. The molecule has 0 spiro atoms. The molecule has 0 aliphatic rings. The van der Waals surface area contributed by atoms with E-state index < -0.39 is 0 Å². The van der Waals surface area contributed by atoms with Crippen LogP contribution in [0, 0.1) is 0 Å². The standard InChI is InChI=1S/C11H14N4O2S/c1-17-7-3-6-15-5-2-4-8(10(15)16)9-13-14-11(12)18-9/h2,4-5H,3,6-7H2,1H3,(H2,12,14). The molecule has 2 aromatic rings.